The summed E-state index contributed by atoms with van der Waals surface area (Å²) in [6.45, 7) is 7.97. The average molecular weight is 196 g/mol. The normalized spacial score (nSPS) is 11.2. The highest BCUT2D eigenvalue weighted by atomic mass is 15.3. The van der Waals surface area contributed by atoms with Crippen LogP contribution in [-0.4, -0.2) is 27.8 Å². The Morgan fingerprint density at radius 1 is 1.43 bits per heavy atom. The second kappa shape index (κ2) is 5.12. The quantitative estimate of drug-likeness (QED) is 0.755. The van der Waals surface area contributed by atoms with E-state index in [-0.39, 0.29) is 0 Å². The molecule has 1 aromatic heterocycles. The molecule has 0 aromatic carbocycles. The van der Waals surface area contributed by atoms with E-state index in [2.05, 4.69) is 23.8 Å². The second-order valence-corrected chi connectivity index (χ2v) is 3.41. The van der Waals surface area contributed by atoms with Crippen molar-refractivity contribution in [3.05, 3.63) is 17.5 Å². The number of nitrogens with two attached hydrogens (primary N) is 1. The molecule has 80 valence electrons. The summed E-state index contributed by atoms with van der Waals surface area (Å²) < 4.78 is 1.92. The monoisotopic (exact) mass is 196 g/mol. The van der Waals surface area contributed by atoms with Crippen molar-refractivity contribution in [2.24, 2.45) is 12.8 Å². The van der Waals surface area contributed by atoms with Crippen molar-refractivity contribution in [2.75, 3.05) is 13.1 Å². The Labute approximate surface area is 85.7 Å². The molecule has 0 atom stereocenters. The van der Waals surface area contributed by atoms with Gasteiger partial charge in [0.05, 0.1) is 11.9 Å². The first-order chi connectivity index (χ1) is 6.72. The predicted octanol–water partition coefficient (Wildman–Crippen LogP) is 0.721. The van der Waals surface area contributed by atoms with Crippen molar-refractivity contribution in [1.29, 1.82) is 0 Å². The van der Waals surface area contributed by atoms with Gasteiger partial charge in [-0.25, -0.2) is 0 Å². The summed E-state index contributed by atoms with van der Waals surface area (Å²) in [5, 5.41) is 4.22. The molecule has 4 heteroatoms. The first-order valence-electron chi connectivity index (χ1n) is 5.15. The molecule has 0 amide bonds. The van der Waals surface area contributed by atoms with Gasteiger partial charge in [-0.3, -0.25) is 9.58 Å². The third-order valence-corrected chi connectivity index (χ3v) is 2.64. The van der Waals surface area contributed by atoms with Gasteiger partial charge in [0.2, 0.25) is 0 Å². The number of hydrogen-bond acceptors (Lipinski definition) is 3. The topological polar surface area (TPSA) is 47.1 Å². The third kappa shape index (κ3) is 2.33. The van der Waals surface area contributed by atoms with Crippen molar-refractivity contribution in [2.45, 2.75) is 26.9 Å². The molecular weight excluding hydrogens is 176 g/mol. The third-order valence-electron chi connectivity index (χ3n) is 2.64. The molecule has 0 bridgehead atoms. The predicted molar refractivity (Wildman–Crippen MR) is 57.7 cm³/mol. The lowest BCUT2D eigenvalue weighted by atomic mass is 10.2. The Morgan fingerprint density at radius 3 is 2.57 bits per heavy atom. The number of aryl methyl sites for hydroxylation is 1. The van der Waals surface area contributed by atoms with Gasteiger partial charge >= 0.3 is 0 Å². The van der Waals surface area contributed by atoms with Crippen LogP contribution < -0.4 is 5.73 Å². The van der Waals surface area contributed by atoms with Crippen molar-refractivity contribution < 1.29 is 0 Å². The molecule has 14 heavy (non-hydrogen) atoms. The first-order valence-corrected chi connectivity index (χ1v) is 5.15. The highest BCUT2D eigenvalue weighted by Gasteiger charge is 2.09. The molecule has 0 saturated carbocycles. The maximum Gasteiger partial charge on any atom is 0.0565 e. The van der Waals surface area contributed by atoms with Gasteiger partial charge in [-0.1, -0.05) is 13.8 Å². The van der Waals surface area contributed by atoms with E-state index in [9.17, 15) is 0 Å². The van der Waals surface area contributed by atoms with Crippen LogP contribution in [-0.2, 0) is 20.1 Å². The van der Waals surface area contributed by atoms with Gasteiger partial charge in [0.1, 0.15) is 0 Å². The molecule has 1 aromatic rings. The van der Waals surface area contributed by atoms with Gasteiger partial charge in [0, 0.05) is 25.7 Å². The van der Waals surface area contributed by atoms with Gasteiger partial charge in [-0.2, -0.15) is 5.10 Å². The molecule has 0 aliphatic carbocycles. The van der Waals surface area contributed by atoms with E-state index >= 15 is 0 Å². The molecule has 0 spiro atoms. The van der Waals surface area contributed by atoms with Crippen LogP contribution in [0.25, 0.3) is 0 Å². The Kier molecular flexibility index (Phi) is 4.10. The maximum atomic E-state index is 5.65. The van der Waals surface area contributed by atoms with E-state index in [4.69, 9.17) is 5.73 Å². The van der Waals surface area contributed by atoms with Crippen LogP contribution in [0.5, 0.6) is 0 Å². The van der Waals surface area contributed by atoms with Gasteiger partial charge < -0.3 is 5.73 Å². The van der Waals surface area contributed by atoms with Crippen LogP contribution in [0.4, 0.5) is 0 Å². The standard InChI is InChI=1S/C10H20N4/c1-4-14(5-2)8-10-9(6-11)7-12-13(10)3/h7H,4-6,8,11H2,1-3H3. The zero-order chi connectivity index (χ0) is 10.6. The highest BCUT2D eigenvalue weighted by molar-refractivity contribution is 5.17. The van der Waals surface area contributed by atoms with Gasteiger partial charge in [-0.05, 0) is 13.1 Å². The van der Waals surface area contributed by atoms with Crippen molar-refractivity contribution in [1.82, 2.24) is 14.7 Å². The number of rotatable bonds is 5. The van der Waals surface area contributed by atoms with E-state index < -0.39 is 0 Å². The van der Waals surface area contributed by atoms with E-state index in [0.29, 0.717) is 6.54 Å². The van der Waals surface area contributed by atoms with E-state index in [1.54, 1.807) is 0 Å². The van der Waals surface area contributed by atoms with Crippen LogP contribution in [0.2, 0.25) is 0 Å². The summed E-state index contributed by atoms with van der Waals surface area (Å²) in [5.41, 5.74) is 8.04. The fraction of sp³-hybridized carbons (Fsp3) is 0.700. The summed E-state index contributed by atoms with van der Waals surface area (Å²) in [4.78, 5) is 2.36. The van der Waals surface area contributed by atoms with Crippen molar-refractivity contribution in [3.8, 4) is 0 Å². The van der Waals surface area contributed by atoms with Gasteiger partial charge in [0.15, 0.2) is 0 Å². The van der Waals surface area contributed by atoms with Crippen LogP contribution in [0.15, 0.2) is 6.20 Å². The molecule has 0 aliphatic heterocycles. The second-order valence-electron chi connectivity index (χ2n) is 3.41. The first kappa shape index (κ1) is 11.2. The molecule has 4 nitrogen and oxygen atoms in total. The smallest absolute Gasteiger partial charge is 0.0565 e. The fourth-order valence-corrected chi connectivity index (χ4v) is 1.54. The zero-order valence-corrected chi connectivity index (χ0v) is 9.32. The SMILES string of the molecule is CCN(CC)Cc1c(CN)cnn1C. The lowest BCUT2D eigenvalue weighted by molar-refractivity contribution is 0.286. The summed E-state index contributed by atoms with van der Waals surface area (Å²) in [6.07, 6.45) is 1.86. The minimum Gasteiger partial charge on any atom is -0.326 e. The fourth-order valence-electron chi connectivity index (χ4n) is 1.54. The Balaban J connectivity index is 2.77. The van der Waals surface area contributed by atoms with Gasteiger partial charge in [-0.15, -0.1) is 0 Å². The van der Waals surface area contributed by atoms with Crippen LogP contribution in [0.3, 0.4) is 0 Å². The van der Waals surface area contributed by atoms with Crippen LogP contribution in [0, 0.1) is 0 Å². The molecule has 2 N–H and O–H groups in total. The molecule has 0 radical (unpaired) electrons. The van der Waals surface area contributed by atoms with Crippen LogP contribution in [0.1, 0.15) is 25.1 Å². The number of hydrogen-bond donors (Lipinski definition) is 1. The molecule has 0 aliphatic rings. The summed E-state index contributed by atoms with van der Waals surface area (Å²) >= 11 is 0. The number of nitrogens with zero attached hydrogens (tertiary/aromatic N) is 3. The lowest BCUT2D eigenvalue weighted by Crippen LogP contribution is -2.24. The summed E-state index contributed by atoms with van der Waals surface area (Å²) in [7, 11) is 1.97. The Bertz CT molecular complexity index is 276. The van der Waals surface area contributed by atoms with E-state index in [1.807, 2.05) is 17.9 Å². The van der Waals surface area contributed by atoms with Crippen LogP contribution >= 0.6 is 0 Å². The lowest BCUT2D eigenvalue weighted by Gasteiger charge is -2.18. The van der Waals surface area contributed by atoms with Crippen molar-refractivity contribution >= 4 is 0 Å². The zero-order valence-electron chi connectivity index (χ0n) is 9.32. The molecule has 0 fully saturated rings. The Morgan fingerprint density at radius 2 is 2.07 bits per heavy atom. The summed E-state index contributed by atoms with van der Waals surface area (Å²) in [6, 6.07) is 0. The van der Waals surface area contributed by atoms with Gasteiger partial charge in [0.25, 0.3) is 0 Å². The van der Waals surface area contributed by atoms with E-state index in [1.165, 1.54) is 5.69 Å². The molecule has 1 heterocycles. The molecular formula is C10H20N4. The van der Waals surface area contributed by atoms with Crippen molar-refractivity contribution in [3.63, 3.8) is 0 Å². The minimum atomic E-state index is 0.574. The average Bonchev–Trinajstić information content (AvgIpc) is 2.56. The highest BCUT2D eigenvalue weighted by Crippen LogP contribution is 2.09. The summed E-state index contributed by atoms with van der Waals surface area (Å²) in [5.74, 6) is 0. The maximum absolute atomic E-state index is 5.65. The minimum absolute atomic E-state index is 0.574. The Hall–Kier alpha value is -0.870. The molecule has 0 saturated heterocycles. The largest absolute Gasteiger partial charge is 0.326 e. The molecule has 0 unspecified atom stereocenters. The molecule has 1 rings (SSSR count). The van der Waals surface area contributed by atoms with E-state index in [0.717, 1.165) is 25.2 Å². The number of aromatic nitrogens is 2.